The van der Waals surface area contributed by atoms with Crippen LogP contribution in [-0.2, 0) is 4.74 Å². The normalized spacial score (nSPS) is 16.8. The Morgan fingerprint density at radius 3 is 2.82 bits per heavy atom. The molecule has 5 rings (SSSR count). The van der Waals surface area contributed by atoms with E-state index in [2.05, 4.69) is 4.98 Å². The molecule has 1 atom stereocenters. The number of benzene rings is 2. The molecule has 1 saturated heterocycles. The molecular weight excluding hydrogens is 395 g/mol. The van der Waals surface area contributed by atoms with Gasteiger partial charge in [-0.15, -0.1) is 11.3 Å². The van der Waals surface area contributed by atoms with Crippen LogP contribution in [0, 0.1) is 5.82 Å². The van der Waals surface area contributed by atoms with Crippen LogP contribution in [0.4, 0.5) is 9.52 Å². The molecule has 0 spiro atoms. The summed E-state index contributed by atoms with van der Waals surface area (Å²) in [6.07, 6.45) is 1.93. The van der Waals surface area contributed by atoms with Crippen molar-refractivity contribution in [3.63, 3.8) is 0 Å². The third-order valence-electron chi connectivity index (χ3n) is 4.89. The fraction of sp³-hybridized carbons (Fsp3) is 0.238. The average Bonchev–Trinajstić information content (AvgIpc) is 3.44. The van der Waals surface area contributed by atoms with Crippen molar-refractivity contribution in [3.05, 3.63) is 59.2 Å². The van der Waals surface area contributed by atoms with E-state index in [-0.39, 0.29) is 17.8 Å². The molecule has 7 heteroatoms. The summed E-state index contributed by atoms with van der Waals surface area (Å²) in [7, 11) is 0. The molecule has 4 nitrogen and oxygen atoms in total. The van der Waals surface area contributed by atoms with Crippen LogP contribution in [0.1, 0.15) is 22.5 Å². The smallest absolute Gasteiger partial charge is 0.270 e. The molecule has 0 unspecified atom stereocenters. The second kappa shape index (κ2) is 7.24. The highest BCUT2D eigenvalue weighted by Crippen LogP contribution is 2.33. The van der Waals surface area contributed by atoms with Crippen molar-refractivity contribution >= 4 is 54.0 Å². The number of ether oxygens (including phenoxy) is 1. The number of hydrogen-bond acceptors (Lipinski definition) is 5. The van der Waals surface area contributed by atoms with E-state index in [1.807, 2.05) is 30.3 Å². The number of para-hydroxylation sites is 1. The predicted octanol–water partition coefficient (Wildman–Crippen LogP) is 5.48. The Hall–Kier alpha value is -2.35. The van der Waals surface area contributed by atoms with Gasteiger partial charge in [-0.05, 0) is 43.2 Å². The largest absolute Gasteiger partial charge is 0.376 e. The summed E-state index contributed by atoms with van der Waals surface area (Å²) in [4.78, 5) is 20.3. The SMILES string of the molecule is O=C(c1cc2c(F)cccc2s1)N(C[C@H]1CCCO1)c1nc2ccccc2s1. The van der Waals surface area contributed by atoms with Crippen molar-refractivity contribution in [2.45, 2.75) is 18.9 Å². The van der Waals surface area contributed by atoms with Gasteiger partial charge >= 0.3 is 0 Å². The standard InChI is InChI=1S/C21H17FN2O2S2/c22-15-6-3-9-17-14(15)11-19(27-17)20(25)24(12-13-5-4-10-26-13)21-23-16-7-1-2-8-18(16)28-21/h1-3,6-9,11,13H,4-5,10,12H2/t13-/m1/s1. The van der Waals surface area contributed by atoms with Gasteiger partial charge in [0.1, 0.15) is 5.82 Å². The van der Waals surface area contributed by atoms with Gasteiger partial charge in [-0.1, -0.05) is 29.5 Å². The number of amides is 1. The van der Waals surface area contributed by atoms with Gasteiger partial charge < -0.3 is 4.74 Å². The molecule has 1 aliphatic rings. The maximum Gasteiger partial charge on any atom is 0.270 e. The van der Waals surface area contributed by atoms with Gasteiger partial charge in [0.15, 0.2) is 5.13 Å². The summed E-state index contributed by atoms with van der Waals surface area (Å²) in [5.41, 5.74) is 0.870. The van der Waals surface area contributed by atoms with Crippen LogP contribution in [0.5, 0.6) is 0 Å². The number of rotatable bonds is 4. The van der Waals surface area contributed by atoms with Gasteiger partial charge in [0.2, 0.25) is 0 Å². The van der Waals surface area contributed by atoms with Crippen molar-refractivity contribution in [1.82, 2.24) is 4.98 Å². The number of carbonyl (C=O) groups excluding carboxylic acids is 1. The number of thiophene rings is 1. The minimum Gasteiger partial charge on any atom is -0.376 e. The van der Waals surface area contributed by atoms with E-state index in [9.17, 15) is 9.18 Å². The molecule has 0 saturated carbocycles. The monoisotopic (exact) mass is 412 g/mol. The lowest BCUT2D eigenvalue weighted by Gasteiger charge is -2.22. The third-order valence-corrected chi connectivity index (χ3v) is 7.04. The Balaban J connectivity index is 1.55. The predicted molar refractivity (Wildman–Crippen MR) is 112 cm³/mol. The minimum atomic E-state index is -0.307. The molecular formula is C21H17FN2O2S2. The molecule has 2 aromatic heterocycles. The summed E-state index contributed by atoms with van der Waals surface area (Å²) in [6, 6.07) is 14.4. The zero-order valence-electron chi connectivity index (χ0n) is 14.9. The van der Waals surface area contributed by atoms with Crippen molar-refractivity contribution in [2.24, 2.45) is 0 Å². The van der Waals surface area contributed by atoms with Crippen LogP contribution in [-0.4, -0.2) is 30.1 Å². The third kappa shape index (κ3) is 3.19. The molecule has 0 aliphatic carbocycles. The second-order valence-electron chi connectivity index (χ2n) is 6.78. The topological polar surface area (TPSA) is 42.4 Å². The highest BCUT2D eigenvalue weighted by Gasteiger charge is 2.28. The van der Waals surface area contributed by atoms with E-state index >= 15 is 0 Å². The van der Waals surface area contributed by atoms with E-state index in [1.165, 1.54) is 28.7 Å². The number of aromatic nitrogens is 1. The summed E-state index contributed by atoms with van der Waals surface area (Å²) < 4.78 is 21.7. The molecule has 1 fully saturated rings. The molecule has 4 aromatic rings. The second-order valence-corrected chi connectivity index (χ2v) is 8.87. The molecule has 2 aromatic carbocycles. The average molecular weight is 413 g/mol. The molecule has 0 bridgehead atoms. The van der Waals surface area contributed by atoms with Crippen LogP contribution in [0.3, 0.4) is 0 Å². The van der Waals surface area contributed by atoms with Crippen molar-refractivity contribution in [2.75, 3.05) is 18.1 Å². The zero-order valence-corrected chi connectivity index (χ0v) is 16.6. The number of fused-ring (bicyclic) bond motifs is 2. The van der Waals surface area contributed by atoms with Crippen molar-refractivity contribution < 1.29 is 13.9 Å². The Morgan fingerprint density at radius 1 is 1.18 bits per heavy atom. The Morgan fingerprint density at radius 2 is 2.04 bits per heavy atom. The Labute approximate surface area is 169 Å². The van der Waals surface area contributed by atoms with E-state index in [0.717, 1.165) is 34.4 Å². The maximum atomic E-state index is 14.1. The van der Waals surface area contributed by atoms with Gasteiger partial charge in [-0.3, -0.25) is 9.69 Å². The highest BCUT2D eigenvalue weighted by atomic mass is 32.1. The van der Waals surface area contributed by atoms with E-state index < -0.39 is 0 Å². The van der Waals surface area contributed by atoms with Crippen LogP contribution < -0.4 is 4.90 Å². The number of hydrogen-bond donors (Lipinski definition) is 0. The molecule has 1 aliphatic heterocycles. The first-order valence-electron chi connectivity index (χ1n) is 9.16. The van der Waals surface area contributed by atoms with Crippen LogP contribution in [0.25, 0.3) is 20.3 Å². The first kappa shape index (κ1) is 17.7. The number of nitrogens with zero attached hydrogens (tertiary/aromatic N) is 2. The molecule has 0 radical (unpaired) electrons. The van der Waals surface area contributed by atoms with Crippen molar-refractivity contribution in [3.8, 4) is 0 Å². The van der Waals surface area contributed by atoms with Gasteiger partial charge in [0.25, 0.3) is 5.91 Å². The maximum absolute atomic E-state index is 14.1. The lowest BCUT2D eigenvalue weighted by molar-refractivity contribution is 0.0921. The summed E-state index contributed by atoms with van der Waals surface area (Å²) in [6.45, 7) is 1.18. The van der Waals surface area contributed by atoms with E-state index in [0.29, 0.717) is 21.9 Å². The zero-order chi connectivity index (χ0) is 19.1. The molecule has 28 heavy (non-hydrogen) atoms. The lowest BCUT2D eigenvalue weighted by Crippen LogP contribution is -2.37. The van der Waals surface area contributed by atoms with E-state index in [4.69, 9.17) is 4.74 Å². The van der Waals surface area contributed by atoms with Crippen molar-refractivity contribution in [1.29, 1.82) is 0 Å². The quantitative estimate of drug-likeness (QED) is 0.446. The number of halogens is 1. The fourth-order valence-corrected chi connectivity index (χ4v) is 5.48. The Bertz CT molecular complexity index is 1130. The molecule has 0 N–H and O–H groups in total. The first-order chi connectivity index (χ1) is 13.7. The van der Waals surface area contributed by atoms with E-state index in [1.54, 1.807) is 17.0 Å². The highest BCUT2D eigenvalue weighted by molar-refractivity contribution is 7.23. The first-order valence-corrected chi connectivity index (χ1v) is 10.8. The summed E-state index contributed by atoms with van der Waals surface area (Å²) >= 11 is 2.80. The summed E-state index contributed by atoms with van der Waals surface area (Å²) in [5.74, 6) is -0.464. The van der Waals surface area contributed by atoms with Crippen LogP contribution in [0.15, 0.2) is 48.5 Å². The number of thiazole rings is 1. The van der Waals surface area contributed by atoms with Gasteiger partial charge in [-0.25, -0.2) is 9.37 Å². The van der Waals surface area contributed by atoms with Gasteiger partial charge in [-0.2, -0.15) is 0 Å². The summed E-state index contributed by atoms with van der Waals surface area (Å²) in [5, 5.41) is 1.14. The molecule has 1 amide bonds. The van der Waals surface area contributed by atoms with Crippen LogP contribution in [0.2, 0.25) is 0 Å². The molecule has 142 valence electrons. The number of anilines is 1. The Kier molecular flexibility index (Phi) is 4.58. The number of carbonyl (C=O) groups is 1. The molecule has 3 heterocycles. The van der Waals surface area contributed by atoms with Gasteiger partial charge in [0, 0.05) is 16.7 Å². The fourth-order valence-electron chi connectivity index (χ4n) is 3.48. The minimum absolute atomic E-state index is 0.00192. The van der Waals surface area contributed by atoms with Gasteiger partial charge in [0.05, 0.1) is 27.7 Å². The van der Waals surface area contributed by atoms with Crippen LogP contribution >= 0.6 is 22.7 Å². The lowest BCUT2D eigenvalue weighted by atomic mass is 10.2.